The van der Waals surface area contributed by atoms with Crippen LogP contribution in [-0.2, 0) is 4.79 Å². The van der Waals surface area contributed by atoms with Crippen molar-refractivity contribution in [3.05, 3.63) is 90.5 Å². The Hall–Kier alpha value is -3.07. The third-order valence-electron chi connectivity index (χ3n) is 4.57. The standard InChI is InChI=1S/C22H20N2O/c25-22(21-15-20(21)16-7-3-1-4-8-16)24-19-13-11-18(12-14-19)23-17-9-5-2-6-10-17/h1-14,20-21,23H,15H2,(H,24,25)/t20-,21+/m0/s1. The summed E-state index contributed by atoms with van der Waals surface area (Å²) in [6, 6.07) is 28.1. The average molecular weight is 328 g/mol. The number of hydrogen-bond donors (Lipinski definition) is 2. The maximum Gasteiger partial charge on any atom is 0.228 e. The van der Waals surface area contributed by atoms with E-state index in [1.807, 2.05) is 72.8 Å². The minimum absolute atomic E-state index is 0.0875. The Morgan fingerprint density at radius 1 is 0.720 bits per heavy atom. The van der Waals surface area contributed by atoms with E-state index in [0.717, 1.165) is 23.5 Å². The van der Waals surface area contributed by atoms with Gasteiger partial charge in [-0.25, -0.2) is 0 Å². The molecule has 0 aromatic heterocycles. The molecule has 3 nitrogen and oxygen atoms in total. The lowest BCUT2D eigenvalue weighted by Gasteiger charge is -2.09. The smallest absolute Gasteiger partial charge is 0.228 e. The van der Waals surface area contributed by atoms with Gasteiger partial charge >= 0.3 is 0 Å². The molecule has 2 atom stereocenters. The monoisotopic (exact) mass is 328 g/mol. The molecule has 0 heterocycles. The van der Waals surface area contributed by atoms with Crippen molar-refractivity contribution in [2.45, 2.75) is 12.3 Å². The Morgan fingerprint density at radius 3 is 1.96 bits per heavy atom. The summed E-state index contributed by atoms with van der Waals surface area (Å²) in [5.74, 6) is 0.558. The molecule has 0 unspecified atom stereocenters. The van der Waals surface area contributed by atoms with Crippen molar-refractivity contribution in [3.8, 4) is 0 Å². The van der Waals surface area contributed by atoms with Crippen LogP contribution < -0.4 is 10.6 Å². The van der Waals surface area contributed by atoms with Crippen LogP contribution in [-0.4, -0.2) is 5.91 Å². The number of carbonyl (C=O) groups excluding carboxylic acids is 1. The first kappa shape index (κ1) is 15.5. The Balaban J connectivity index is 1.35. The third-order valence-corrected chi connectivity index (χ3v) is 4.57. The SMILES string of the molecule is O=C(Nc1ccc(Nc2ccccc2)cc1)[C@@H]1C[C@H]1c1ccccc1. The molecule has 0 spiro atoms. The van der Waals surface area contributed by atoms with Gasteiger partial charge in [0.25, 0.3) is 0 Å². The summed E-state index contributed by atoms with van der Waals surface area (Å²) in [7, 11) is 0. The van der Waals surface area contributed by atoms with Crippen molar-refractivity contribution in [1.82, 2.24) is 0 Å². The molecule has 1 amide bonds. The lowest BCUT2D eigenvalue weighted by molar-refractivity contribution is -0.117. The Labute approximate surface area is 147 Å². The molecule has 1 saturated carbocycles. The van der Waals surface area contributed by atoms with Crippen molar-refractivity contribution in [2.24, 2.45) is 5.92 Å². The Morgan fingerprint density at radius 2 is 1.28 bits per heavy atom. The van der Waals surface area contributed by atoms with Gasteiger partial charge in [-0.3, -0.25) is 4.79 Å². The van der Waals surface area contributed by atoms with Crippen molar-refractivity contribution in [3.63, 3.8) is 0 Å². The van der Waals surface area contributed by atoms with Gasteiger partial charge in [-0.2, -0.15) is 0 Å². The van der Waals surface area contributed by atoms with E-state index in [1.165, 1.54) is 5.56 Å². The molecule has 1 fully saturated rings. The Kier molecular flexibility index (Phi) is 4.21. The summed E-state index contributed by atoms with van der Waals surface area (Å²) in [5, 5.41) is 6.36. The van der Waals surface area contributed by atoms with Crippen LogP contribution in [0.5, 0.6) is 0 Å². The van der Waals surface area contributed by atoms with Gasteiger partial charge in [0, 0.05) is 23.0 Å². The van der Waals surface area contributed by atoms with Crippen LogP contribution in [0.3, 0.4) is 0 Å². The van der Waals surface area contributed by atoms with E-state index in [2.05, 4.69) is 22.8 Å². The van der Waals surface area contributed by atoms with Gasteiger partial charge in [-0.15, -0.1) is 0 Å². The fourth-order valence-electron chi connectivity index (χ4n) is 3.11. The molecule has 2 N–H and O–H groups in total. The van der Waals surface area contributed by atoms with Gasteiger partial charge in [-0.05, 0) is 54.3 Å². The molecule has 3 heteroatoms. The molecule has 0 saturated heterocycles. The predicted molar refractivity (Wildman–Crippen MR) is 102 cm³/mol. The molecule has 25 heavy (non-hydrogen) atoms. The van der Waals surface area contributed by atoms with Gasteiger partial charge in [0.05, 0.1) is 0 Å². The fourth-order valence-corrected chi connectivity index (χ4v) is 3.11. The van der Waals surface area contributed by atoms with Crippen LogP contribution in [0.4, 0.5) is 17.1 Å². The minimum atomic E-state index is 0.0875. The molecule has 3 aromatic carbocycles. The highest BCUT2D eigenvalue weighted by Crippen LogP contribution is 2.47. The summed E-state index contributed by atoms with van der Waals surface area (Å²) in [4.78, 5) is 12.4. The molecular weight excluding hydrogens is 308 g/mol. The number of anilines is 3. The maximum absolute atomic E-state index is 12.4. The first-order chi connectivity index (χ1) is 12.3. The zero-order valence-electron chi connectivity index (χ0n) is 13.9. The lowest BCUT2D eigenvalue weighted by atomic mass is 10.1. The highest BCUT2D eigenvalue weighted by atomic mass is 16.2. The molecule has 1 aliphatic carbocycles. The topological polar surface area (TPSA) is 41.1 Å². The number of benzene rings is 3. The van der Waals surface area contributed by atoms with Crippen LogP contribution in [0.25, 0.3) is 0 Å². The fraction of sp³-hybridized carbons (Fsp3) is 0.136. The number of nitrogens with one attached hydrogen (secondary N) is 2. The van der Waals surface area contributed by atoms with Crippen LogP contribution in [0.1, 0.15) is 17.9 Å². The van der Waals surface area contributed by atoms with Gasteiger partial charge in [0.15, 0.2) is 0 Å². The van der Waals surface area contributed by atoms with Crippen molar-refractivity contribution >= 4 is 23.0 Å². The second-order valence-corrected chi connectivity index (χ2v) is 6.42. The molecule has 0 aliphatic heterocycles. The second-order valence-electron chi connectivity index (χ2n) is 6.42. The minimum Gasteiger partial charge on any atom is -0.356 e. The van der Waals surface area contributed by atoms with E-state index in [-0.39, 0.29) is 11.8 Å². The van der Waals surface area contributed by atoms with Gasteiger partial charge in [0.1, 0.15) is 0 Å². The molecule has 124 valence electrons. The zero-order valence-corrected chi connectivity index (χ0v) is 13.9. The van der Waals surface area contributed by atoms with Crippen LogP contribution in [0.15, 0.2) is 84.9 Å². The molecule has 0 radical (unpaired) electrons. The largest absolute Gasteiger partial charge is 0.356 e. The van der Waals surface area contributed by atoms with Crippen molar-refractivity contribution in [1.29, 1.82) is 0 Å². The van der Waals surface area contributed by atoms with E-state index in [1.54, 1.807) is 0 Å². The molecule has 1 aliphatic rings. The zero-order chi connectivity index (χ0) is 17.1. The van der Waals surface area contributed by atoms with E-state index < -0.39 is 0 Å². The normalized spacial score (nSPS) is 18.4. The van der Waals surface area contributed by atoms with Crippen LogP contribution in [0.2, 0.25) is 0 Å². The Bertz CT molecular complexity index is 844. The first-order valence-corrected chi connectivity index (χ1v) is 8.57. The van der Waals surface area contributed by atoms with E-state index >= 15 is 0 Å². The highest BCUT2D eigenvalue weighted by Gasteiger charge is 2.43. The van der Waals surface area contributed by atoms with Gasteiger partial charge < -0.3 is 10.6 Å². The summed E-state index contributed by atoms with van der Waals surface area (Å²) in [6.07, 6.45) is 0.934. The van der Waals surface area contributed by atoms with Crippen molar-refractivity contribution < 1.29 is 4.79 Å². The van der Waals surface area contributed by atoms with Crippen molar-refractivity contribution in [2.75, 3.05) is 10.6 Å². The van der Waals surface area contributed by atoms with E-state index in [0.29, 0.717) is 5.92 Å². The quantitative estimate of drug-likeness (QED) is 0.678. The summed E-state index contributed by atoms with van der Waals surface area (Å²) in [5.41, 5.74) is 4.13. The summed E-state index contributed by atoms with van der Waals surface area (Å²) in [6.45, 7) is 0. The van der Waals surface area contributed by atoms with Crippen LogP contribution >= 0.6 is 0 Å². The summed E-state index contributed by atoms with van der Waals surface area (Å²) < 4.78 is 0. The van der Waals surface area contributed by atoms with E-state index in [9.17, 15) is 4.79 Å². The maximum atomic E-state index is 12.4. The molecule has 0 bridgehead atoms. The van der Waals surface area contributed by atoms with Gasteiger partial charge in [-0.1, -0.05) is 48.5 Å². The first-order valence-electron chi connectivity index (χ1n) is 8.57. The number of hydrogen-bond acceptors (Lipinski definition) is 2. The number of rotatable bonds is 5. The second kappa shape index (κ2) is 6.81. The highest BCUT2D eigenvalue weighted by molar-refractivity contribution is 5.95. The molecule has 4 rings (SSSR count). The average Bonchev–Trinajstić information content (AvgIpc) is 3.46. The number of amides is 1. The molecular formula is C22H20N2O. The lowest BCUT2D eigenvalue weighted by Crippen LogP contribution is -2.14. The number of carbonyl (C=O) groups is 1. The summed E-state index contributed by atoms with van der Waals surface area (Å²) >= 11 is 0. The van der Waals surface area contributed by atoms with Gasteiger partial charge in [0.2, 0.25) is 5.91 Å². The number of para-hydroxylation sites is 1. The molecule has 3 aromatic rings. The van der Waals surface area contributed by atoms with E-state index in [4.69, 9.17) is 0 Å². The van der Waals surface area contributed by atoms with Crippen LogP contribution in [0, 0.1) is 5.92 Å². The third kappa shape index (κ3) is 3.72. The predicted octanol–water partition coefficient (Wildman–Crippen LogP) is 5.17.